The van der Waals surface area contributed by atoms with Gasteiger partial charge in [-0.25, -0.2) is 4.79 Å². The van der Waals surface area contributed by atoms with Crippen LogP contribution >= 0.6 is 23.2 Å². The monoisotopic (exact) mass is 565 g/mol. The van der Waals surface area contributed by atoms with Crippen molar-refractivity contribution < 1.29 is 23.9 Å². The lowest BCUT2D eigenvalue weighted by Crippen LogP contribution is -2.48. The number of likely N-dealkylation sites (tertiary alicyclic amines) is 2. The van der Waals surface area contributed by atoms with Gasteiger partial charge in [-0.05, 0) is 43.4 Å². The van der Waals surface area contributed by atoms with E-state index < -0.39 is 6.09 Å². The number of piperidine rings is 1. The number of rotatable bonds is 6. The van der Waals surface area contributed by atoms with Gasteiger partial charge in [-0.1, -0.05) is 43.1 Å². The molecule has 5 rings (SSSR count). The van der Waals surface area contributed by atoms with Gasteiger partial charge in [0.1, 0.15) is 6.61 Å². The molecule has 38 heavy (non-hydrogen) atoms. The van der Waals surface area contributed by atoms with E-state index in [1.165, 1.54) is 0 Å². The normalized spacial score (nSPS) is 26.0. The molecule has 0 N–H and O–H groups in total. The molecule has 1 aromatic carbocycles. The van der Waals surface area contributed by atoms with Crippen LogP contribution in [-0.4, -0.2) is 91.7 Å². The molecule has 0 radical (unpaired) electrons. The largest absolute Gasteiger partial charge is 0.449 e. The highest BCUT2D eigenvalue weighted by atomic mass is 35.5. The van der Waals surface area contributed by atoms with Gasteiger partial charge in [0.2, 0.25) is 11.8 Å². The number of ether oxygens (including phenoxy) is 2. The van der Waals surface area contributed by atoms with Crippen molar-refractivity contribution in [2.24, 2.45) is 16.7 Å². The van der Waals surface area contributed by atoms with Gasteiger partial charge in [0, 0.05) is 55.9 Å². The van der Waals surface area contributed by atoms with E-state index in [0.717, 1.165) is 18.4 Å². The number of benzene rings is 1. The zero-order valence-electron chi connectivity index (χ0n) is 22.4. The molecule has 3 amide bonds. The summed E-state index contributed by atoms with van der Waals surface area (Å²) in [5.74, 6) is 0.0513. The third kappa shape index (κ3) is 5.50. The second-order valence-corrected chi connectivity index (χ2v) is 13.0. The lowest BCUT2D eigenvalue weighted by Gasteiger charge is -2.38. The predicted octanol–water partition coefficient (Wildman–Crippen LogP) is 4.43. The maximum absolute atomic E-state index is 13.7. The van der Waals surface area contributed by atoms with E-state index in [1.54, 1.807) is 18.0 Å². The summed E-state index contributed by atoms with van der Waals surface area (Å²) in [5.41, 5.74) is 0.593. The topological polar surface area (TPSA) is 79.4 Å². The standard InChI is InChI=1S/C28H37Cl2N3O5/c1-27(15-37-16-27)17-38-26(36)31(3)23-14-33(13-20(23)19-4-5-21(29)22(30)12-19)24(34)18-6-10-32(11-7-18)25(35)28(2)8-9-28/h4-5,12,18,20,23H,6-11,13-17H2,1-3H3/t20-,23+/m1/s1. The Morgan fingerprint density at radius 2 is 1.74 bits per heavy atom. The number of nitrogens with zero attached hydrogens (tertiary/aromatic N) is 3. The van der Waals surface area contributed by atoms with Gasteiger partial charge >= 0.3 is 6.09 Å². The fourth-order valence-electron chi connectivity index (χ4n) is 5.81. The van der Waals surface area contributed by atoms with Gasteiger partial charge in [-0.15, -0.1) is 0 Å². The summed E-state index contributed by atoms with van der Waals surface area (Å²) >= 11 is 12.5. The van der Waals surface area contributed by atoms with Gasteiger partial charge in [0.05, 0.1) is 29.3 Å². The van der Waals surface area contributed by atoms with Crippen LogP contribution in [0.5, 0.6) is 0 Å². The summed E-state index contributed by atoms with van der Waals surface area (Å²) in [6.45, 7) is 7.62. The van der Waals surface area contributed by atoms with Crippen molar-refractivity contribution in [3.8, 4) is 0 Å². The van der Waals surface area contributed by atoms with Crippen LogP contribution in [-0.2, 0) is 19.1 Å². The third-order valence-corrected chi connectivity index (χ3v) is 9.59. The average Bonchev–Trinajstić information content (AvgIpc) is 3.50. The summed E-state index contributed by atoms with van der Waals surface area (Å²) in [6.07, 6.45) is 2.83. The molecule has 10 heteroatoms. The molecular weight excluding hydrogens is 529 g/mol. The van der Waals surface area contributed by atoms with E-state index in [1.807, 2.05) is 35.8 Å². The lowest BCUT2D eigenvalue weighted by atomic mass is 9.90. The molecule has 3 aliphatic heterocycles. The Bertz CT molecular complexity index is 1100. The number of halogens is 2. The van der Waals surface area contributed by atoms with Crippen LogP contribution in [0.25, 0.3) is 0 Å². The van der Waals surface area contributed by atoms with Gasteiger partial charge in [-0.2, -0.15) is 0 Å². The SMILES string of the molecule is CN(C(=O)OCC1(C)COC1)[C@H]1CN(C(=O)C2CCN(C(=O)C3(C)CC3)CC2)C[C@@H]1c1ccc(Cl)c(Cl)c1. The maximum Gasteiger partial charge on any atom is 0.409 e. The number of hydrogen-bond donors (Lipinski definition) is 0. The Labute approximate surface area is 234 Å². The zero-order valence-corrected chi connectivity index (χ0v) is 23.9. The minimum absolute atomic E-state index is 0.0863. The van der Waals surface area contributed by atoms with Crippen molar-refractivity contribution in [1.82, 2.24) is 14.7 Å². The first kappa shape index (κ1) is 27.5. The molecule has 1 aliphatic carbocycles. The highest BCUT2D eigenvalue weighted by molar-refractivity contribution is 6.42. The minimum atomic E-state index is -0.414. The predicted molar refractivity (Wildman–Crippen MR) is 144 cm³/mol. The Hall–Kier alpha value is -2.03. The number of amides is 3. The van der Waals surface area contributed by atoms with Gasteiger partial charge < -0.3 is 24.2 Å². The summed E-state index contributed by atoms with van der Waals surface area (Å²) in [4.78, 5) is 44.9. The minimum Gasteiger partial charge on any atom is -0.449 e. The molecule has 2 atom stereocenters. The fourth-order valence-corrected chi connectivity index (χ4v) is 6.11. The summed E-state index contributed by atoms with van der Waals surface area (Å²) < 4.78 is 10.9. The first-order valence-corrected chi connectivity index (χ1v) is 14.3. The van der Waals surface area contributed by atoms with Crippen molar-refractivity contribution in [3.05, 3.63) is 33.8 Å². The van der Waals surface area contributed by atoms with E-state index in [4.69, 9.17) is 32.7 Å². The molecule has 0 unspecified atom stereocenters. The summed E-state index contributed by atoms with van der Waals surface area (Å²) in [5, 5.41) is 0.903. The number of likely N-dealkylation sites (N-methyl/N-ethyl adjacent to an activating group) is 1. The smallest absolute Gasteiger partial charge is 0.409 e. The molecule has 8 nitrogen and oxygen atoms in total. The van der Waals surface area contributed by atoms with Crippen molar-refractivity contribution >= 4 is 41.1 Å². The van der Waals surface area contributed by atoms with E-state index in [0.29, 0.717) is 68.9 Å². The third-order valence-electron chi connectivity index (χ3n) is 8.85. The first-order valence-electron chi connectivity index (χ1n) is 13.5. The number of hydrogen-bond acceptors (Lipinski definition) is 5. The lowest BCUT2D eigenvalue weighted by molar-refractivity contribution is -0.142. The maximum atomic E-state index is 13.7. The molecule has 4 fully saturated rings. The van der Waals surface area contributed by atoms with Gasteiger partial charge in [-0.3, -0.25) is 9.59 Å². The Morgan fingerprint density at radius 3 is 2.32 bits per heavy atom. The number of carbonyl (C=O) groups is 3. The van der Waals surface area contributed by atoms with E-state index in [2.05, 4.69) is 0 Å². The van der Waals surface area contributed by atoms with Crippen LogP contribution < -0.4 is 0 Å². The summed E-state index contributed by atoms with van der Waals surface area (Å²) in [6, 6.07) is 5.22. The van der Waals surface area contributed by atoms with E-state index in [-0.39, 0.29) is 40.5 Å². The zero-order chi connectivity index (χ0) is 27.2. The molecular formula is C28H37Cl2N3O5. The Kier molecular flexibility index (Phi) is 7.61. The van der Waals surface area contributed by atoms with Crippen molar-refractivity contribution in [2.75, 3.05) is 53.0 Å². The highest BCUT2D eigenvalue weighted by Crippen LogP contribution is 2.47. The van der Waals surface area contributed by atoms with Crippen LogP contribution in [0.3, 0.4) is 0 Å². The van der Waals surface area contributed by atoms with Crippen LogP contribution in [0, 0.1) is 16.7 Å². The molecule has 0 spiro atoms. The molecule has 208 valence electrons. The van der Waals surface area contributed by atoms with Crippen molar-refractivity contribution in [2.45, 2.75) is 51.5 Å². The molecule has 0 bridgehead atoms. The molecule has 1 aromatic rings. The van der Waals surface area contributed by atoms with Crippen molar-refractivity contribution in [1.29, 1.82) is 0 Å². The van der Waals surface area contributed by atoms with Crippen LogP contribution in [0.4, 0.5) is 4.79 Å². The Morgan fingerprint density at radius 1 is 1.05 bits per heavy atom. The van der Waals surface area contributed by atoms with Gasteiger partial charge in [0.25, 0.3) is 0 Å². The fraction of sp³-hybridized carbons (Fsp3) is 0.679. The second-order valence-electron chi connectivity index (χ2n) is 12.2. The molecule has 0 aromatic heterocycles. The van der Waals surface area contributed by atoms with E-state index in [9.17, 15) is 14.4 Å². The molecule has 4 aliphatic rings. The quantitative estimate of drug-likeness (QED) is 0.509. The second kappa shape index (κ2) is 10.5. The average molecular weight is 567 g/mol. The van der Waals surface area contributed by atoms with Crippen LogP contribution in [0.1, 0.15) is 51.0 Å². The summed E-state index contributed by atoms with van der Waals surface area (Å²) in [7, 11) is 1.73. The van der Waals surface area contributed by atoms with E-state index >= 15 is 0 Å². The molecule has 1 saturated carbocycles. The first-order chi connectivity index (χ1) is 18.0. The number of carbonyl (C=O) groups excluding carboxylic acids is 3. The molecule has 3 saturated heterocycles. The van der Waals surface area contributed by atoms with Gasteiger partial charge in [0.15, 0.2) is 0 Å². The van der Waals surface area contributed by atoms with Crippen LogP contribution in [0.15, 0.2) is 18.2 Å². The Balaban J connectivity index is 1.27. The van der Waals surface area contributed by atoms with Crippen LogP contribution in [0.2, 0.25) is 10.0 Å². The van der Waals surface area contributed by atoms with Crippen molar-refractivity contribution in [3.63, 3.8) is 0 Å². The molecule has 3 heterocycles. The highest BCUT2D eigenvalue weighted by Gasteiger charge is 2.48.